The first-order chi connectivity index (χ1) is 9.19. The molecule has 0 saturated carbocycles. The van der Waals surface area contributed by atoms with Crippen molar-refractivity contribution in [3.63, 3.8) is 0 Å². The highest BCUT2D eigenvalue weighted by Gasteiger charge is 2.34. The van der Waals surface area contributed by atoms with Crippen molar-refractivity contribution < 1.29 is 21.6 Å². The summed E-state index contributed by atoms with van der Waals surface area (Å²) < 4.78 is 64.1. The second-order valence-corrected chi connectivity index (χ2v) is 6.20. The number of benzene rings is 1. The van der Waals surface area contributed by atoms with Gasteiger partial charge in [0.1, 0.15) is 0 Å². The predicted molar refractivity (Wildman–Crippen MR) is 71.7 cm³/mol. The minimum Gasteiger partial charge on any atom is -0.326 e. The minimum atomic E-state index is -4.65. The van der Waals surface area contributed by atoms with E-state index in [0.717, 1.165) is 12.1 Å². The molecule has 0 unspecified atom stereocenters. The highest BCUT2D eigenvalue weighted by Crippen LogP contribution is 2.35. The van der Waals surface area contributed by atoms with Crippen LogP contribution in [0.25, 0.3) is 0 Å². The average molecular weight is 310 g/mol. The van der Waals surface area contributed by atoms with Crippen molar-refractivity contribution in [1.82, 2.24) is 0 Å². The Labute approximate surface area is 116 Å². The van der Waals surface area contributed by atoms with E-state index in [1.165, 1.54) is 6.07 Å². The van der Waals surface area contributed by atoms with Crippen molar-refractivity contribution in [3.8, 4) is 0 Å². The molecule has 0 aromatic heterocycles. The molecule has 0 bridgehead atoms. The lowest BCUT2D eigenvalue weighted by molar-refractivity contribution is -0.136. The third kappa shape index (κ3) is 4.68. The molecular weight excluding hydrogens is 293 g/mol. The van der Waals surface area contributed by atoms with E-state index in [2.05, 4.69) is 0 Å². The van der Waals surface area contributed by atoms with Crippen molar-refractivity contribution >= 4 is 15.7 Å². The predicted octanol–water partition coefficient (Wildman–Crippen LogP) is 2.71. The maximum absolute atomic E-state index is 12.9. The molecule has 3 N–H and O–H groups in total. The van der Waals surface area contributed by atoms with Crippen LogP contribution in [0.1, 0.15) is 30.9 Å². The highest BCUT2D eigenvalue weighted by molar-refractivity contribution is 7.92. The molecule has 0 saturated heterocycles. The van der Waals surface area contributed by atoms with Crippen molar-refractivity contribution in [2.45, 2.75) is 32.5 Å². The maximum Gasteiger partial charge on any atom is 0.418 e. The summed E-state index contributed by atoms with van der Waals surface area (Å²) in [5.74, 6) is -0.209. The zero-order chi connectivity index (χ0) is 15.4. The Kier molecular flexibility index (Phi) is 5.41. The molecule has 20 heavy (non-hydrogen) atoms. The third-order valence-electron chi connectivity index (χ3n) is 2.66. The van der Waals surface area contributed by atoms with Crippen LogP contribution in [-0.4, -0.2) is 14.2 Å². The summed E-state index contributed by atoms with van der Waals surface area (Å²) in [5.41, 5.74) is 4.09. The van der Waals surface area contributed by atoms with Crippen LogP contribution < -0.4 is 10.5 Å². The molecule has 1 aromatic carbocycles. The van der Waals surface area contributed by atoms with Gasteiger partial charge in [-0.15, -0.1) is 0 Å². The molecule has 0 aliphatic heterocycles. The van der Waals surface area contributed by atoms with E-state index in [1.54, 1.807) is 6.92 Å². The third-order valence-corrected chi connectivity index (χ3v) is 4.01. The zero-order valence-electron chi connectivity index (χ0n) is 11.0. The molecule has 1 aromatic rings. The number of alkyl halides is 3. The van der Waals surface area contributed by atoms with Gasteiger partial charge in [0.05, 0.1) is 17.0 Å². The van der Waals surface area contributed by atoms with Gasteiger partial charge in [0, 0.05) is 6.54 Å². The Morgan fingerprint density at radius 3 is 2.45 bits per heavy atom. The van der Waals surface area contributed by atoms with Gasteiger partial charge in [-0.3, -0.25) is 4.72 Å². The van der Waals surface area contributed by atoms with Gasteiger partial charge < -0.3 is 5.73 Å². The first kappa shape index (κ1) is 16.8. The van der Waals surface area contributed by atoms with Crippen molar-refractivity contribution in [2.75, 3.05) is 10.5 Å². The van der Waals surface area contributed by atoms with Crippen LogP contribution in [-0.2, 0) is 22.7 Å². The van der Waals surface area contributed by atoms with E-state index >= 15 is 0 Å². The number of hydrogen-bond donors (Lipinski definition) is 2. The lowest BCUT2D eigenvalue weighted by Gasteiger charge is -2.15. The van der Waals surface area contributed by atoms with E-state index < -0.39 is 27.5 Å². The number of hydrogen-bond acceptors (Lipinski definition) is 3. The molecular formula is C12H17F3N2O2S. The van der Waals surface area contributed by atoms with Crippen LogP contribution in [0.5, 0.6) is 0 Å². The number of unbranched alkanes of at least 4 members (excludes halogenated alkanes) is 1. The van der Waals surface area contributed by atoms with Gasteiger partial charge in [-0.2, -0.15) is 13.2 Å². The molecule has 8 heteroatoms. The van der Waals surface area contributed by atoms with Crippen molar-refractivity contribution in [3.05, 3.63) is 29.3 Å². The largest absolute Gasteiger partial charge is 0.418 e. The molecule has 0 heterocycles. The fraction of sp³-hybridized carbons (Fsp3) is 0.500. The normalized spacial score (nSPS) is 12.4. The van der Waals surface area contributed by atoms with Crippen molar-refractivity contribution in [1.29, 1.82) is 0 Å². The molecule has 4 nitrogen and oxygen atoms in total. The van der Waals surface area contributed by atoms with Gasteiger partial charge in [-0.05, 0) is 24.1 Å². The Bertz CT molecular complexity index is 556. The molecule has 0 spiro atoms. The van der Waals surface area contributed by atoms with E-state index in [4.69, 9.17) is 5.73 Å². The lowest BCUT2D eigenvalue weighted by atomic mass is 10.1. The summed E-state index contributed by atoms with van der Waals surface area (Å²) in [6, 6.07) is 3.32. The van der Waals surface area contributed by atoms with E-state index in [0.29, 0.717) is 12.8 Å². The maximum atomic E-state index is 12.9. The quantitative estimate of drug-likeness (QED) is 0.848. The molecule has 0 aliphatic carbocycles. The standard InChI is InChI=1S/C12H17F3N2O2S/c1-2-3-6-20(18,19)17-11-5-4-9(8-16)7-10(11)12(13,14)15/h4-5,7,17H,2-3,6,8,16H2,1H3. The summed E-state index contributed by atoms with van der Waals surface area (Å²) in [5, 5.41) is 0. The summed E-state index contributed by atoms with van der Waals surface area (Å²) in [6.45, 7) is 1.75. The van der Waals surface area contributed by atoms with Crippen LogP contribution in [0.15, 0.2) is 18.2 Å². The number of rotatable bonds is 6. The fourth-order valence-electron chi connectivity index (χ4n) is 1.59. The molecule has 0 atom stereocenters. The Hall–Kier alpha value is -1.28. The van der Waals surface area contributed by atoms with Gasteiger partial charge in [0.25, 0.3) is 0 Å². The highest BCUT2D eigenvalue weighted by atomic mass is 32.2. The number of nitrogens with one attached hydrogen (secondary N) is 1. The lowest BCUT2D eigenvalue weighted by Crippen LogP contribution is -2.20. The molecule has 114 valence electrons. The second kappa shape index (κ2) is 6.45. The van der Waals surface area contributed by atoms with Gasteiger partial charge in [-0.25, -0.2) is 8.42 Å². The number of nitrogens with two attached hydrogens (primary N) is 1. The zero-order valence-corrected chi connectivity index (χ0v) is 11.8. The smallest absolute Gasteiger partial charge is 0.326 e. The van der Waals surface area contributed by atoms with Gasteiger partial charge in [0.2, 0.25) is 10.0 Å². The van der Waals surface area contributed by atoms with E-state index in [-0.39, 0.29) is 17.9 Å². The van der Waals surface area contributed by atoms with Gasteiger partial charge in [-0.1, -0.05) is 19.4 Å². The first-order valence-electron chi connectivity index (χ1n) is 6.10. The van der Waals surface area contributed by atoms with Gasteiger partial charge >= 0.3 is 6.18 Å². The van der Waals surface area contributed by atoms with Crippen LogP contribution >= 0.6 is 0 Å². The SMILES string of the molecule is CCCCS(=O)(=O)Nc1ccc(CN)cc1C(F)(F)F. The minimum absolute atomic E-state index is 0.0497. The Morgan fingerprint density at radius 2 is 1.95 bits per heavy atom. The monoisotopic (exact) mass is 310 g/mol. The molecule has 0 radical (unpaired) electrons. The summed E-state index contributed by atoms with van der Waals surface area (Å²) in [7, 11) is -3.78. The number of sulfonamides is 1. The summed E-state index contributed by atoms with van der Waals surface area (Å²) >= 11 is 0. The van der Waals surface area contributed by atoms with Gasteiger partial charge in [0.15, 0.2) is 0 Å². The summed E-state index contributed by atoms with van der Waals surface area (Å²) in [4.78, 5) is 0. The summed E-state index contributed by atoms with van der Waals surface area (Å²) in [6.07, 6.45) is -3.62. The Balaban J connectivity index is 3.12. The average Bonchev–Trinajstić information content (AvgIpc) is 2.35. The molecule has 0 aliphatic rings. The number of halogens is 3. The Morgan fingerprint density at radius 1 is 1.30 bits per heavy atom. The van der Waals surface area contributed by atoms with E-state index in [9.17, 15) is 21.6 Å². The van der Waals surface area contributed by atoms with Crippen LogP contribution in [0.3, 0.4) is 0 Å². The van der Waals surface area contributed by atoms with Crippen LogP contribution in [0.4, 0.5) is 18.9 Å². The van der Waals surface area contributed by atoms with Crippen molar-refractivity contribution in [2.24, 2.45) is 5.73 Å². The number of anilines is 1. The van der Waals surface area contributed by atoms with E-state index in [1.807, 2.05) is 4.72 Å². The second-order valence-electron chi connectivity index (χ2n) is 4.36. The first-order valence-corrected chi connectivity index (χ1v) is 7.75. The van der Waals surface area contributed by atoms with Crippen LogP contribution in [0, 0.1) is 0 Å². The van der Waals surface area contributed by atoms with Crippen LogP contribution in [0.2, 0.25) is 0 Å². The fourth-order valence-corrected chi connectivity index (χ4v) is 2.88. The molecule has 0 amide bonds. The molecule has 0 fully saturated rings. The molecule has 1 rings (SSSR count). The topological polar surface area (TPSA) is 72.2 Å².